The van der Waals surface area contributed by atoms with Crippen molar-refractivity contribution >= 4 is 23.2 Å². The normalized spacial score (nSPS) is 23.9. The molecule has 0 spiro atoms. The van der Waals surface area contributed by atoms with Gasteiger partial charge in [-0.25, -0.2) is 0 Å². The molecule has 1 saturated heterocycles. The quantitative estimate of drug-likeness (QED) is 0.917. The average molecular weight is 276 g/mol. The zero-order chi connectivity index (χ0) is 12.3. The highest BCUT2D eigenvalue weighted by Gasteiger charge is 2.34. The number of hydrogen-bond acceptors (Lipinski definition) is 3. The number of benzene rings is 1. The van der Waals surface area contributed by atoms with Crippen LogP contribution in [0.15, 0.2) is 18.2 Å². The van der Waals surface area contributed by atoms with E-state index in [1.54, 1.807) is 25.3 Å². The van der Waals surface area contributed by atoms with Crippen molar-refractivity contribution in [3.63, 3.8) is 0 Å². The molecule has 1 fully saturated rings. The van der Waals surface area contributed by atoms with E-state index in [0.29, 0.717) is 22.4 Å². The van der Waals surface area contributed by atoms with E-state index >= 15 is 0 Å². The van der Waals surface area contributed by atoms with E-state index in [2.05, 4.69) is 5.32 Å². The van der Waals surface area contributed by atoms with Gasteiger partial charge in [0.25, 0.3) is 0 Å². The summed E-state index contributed by atoms with van der Waals surface area (Å²) in [4.78, 5) is 0. The zero-order valence-corrected chi connectivity index (χ0v) is 11.1. The number of methoxy groups -OCH3 is 1. The van der Waals surface area contributed by atoms with E-state index in [9.17, 15) is 0 Å². The van der Waals surface area contributed by atoms with Gasteiger partial charge in [-0.2, -0.15) is 0 Å². The largest absolute Gasteiger partial charge is 0.489 e. The molecule has 1 N–H and O–H groups in total. The van der Waals surface area contributed by atoms with Crippen LogP contribution in [0.3, 0.4) is 0 Å². The second kappa shape index (κ2) is 5.44. The fourth-order valence-electron chi connectivity index (χ4n) is 1.87. The van der Waals surface area contributed by atoms with Crippen LogP contribution in [0.25, 0.3) is 0 Å². The highest BCUT2D eigenvalue weighted by molar-refractivity contribution is 6.34. The monoisotopic (exact) mass is 275 g/mol. The Bertz CT molecular complexity index is 392. The molecule has 0 saturated carbocycles. The Balaban J connectivity index is 2.03. The maximum Gasteiger partial charge on any atom is 0.139 e. The first-order valence-electron chi connectivity index (χ1n) is 5.49. The van der Waals surface area contributed by atoms with Crippen LogP contribution in [0, 0.1) is 0 Å². The molecule has 17 heavy (non-hydrogen) atoms. The number of nitrogens with one attached hydrogen (secondary N) is 1. The van der Waals surface area contributed by atoms with Crippen LogP contribution in [0.5, 0.6) is 5.75 Å². The topological polar surface area (TPSA) is 30.5 Å². The molecule has 0 aliphatic carbocycles. The van der Waals surface area contributed by atoms with Gasteiger partial charge in [0, 0.05) is 24.7 Å². The first kappa shape index (κ1) is 13.0. The van der Waals surface area contributed by atoms with Gasteiger partial charge in [-0.05, 0) is 25.1 Å². The molecule has 3 nitrogen and oxygen atoms in total. The smallest absolute Gasteiger partial charge is 0.139 e. The first-order valence-corrected chi connectivity index (χ1v) is 6.24. The van der Waals surface area contributed by atoms with E-state index in [0.717, 1.165) is 19.5 Å². The Kier molecular flexibility index (Phi) is 4.15. The van der Waals surface area contributed by atoms with Gasteiger partial charge in [0.1, 0.15) is 18.0 Å². The van der Waals surface area contributed by atoms with E-state index in [1.165, 1.54) is 0 Å². The van der Waals surface area contributed by atoms with Gasteiger partial charge in [0.2, 0.25) is 0 Å². The predicted molar refractivity (Wildman–Crippen MR) is 69.2 cm³/mol. The van der Waals surface area contributed by atoms with Gasteiger partial charge in [-0.1, -0.05) is 23.2 Å². The molecule has 0 bridgehead atoms. The van der Waals surface area contributed by atoms with Crippen LogP contribution in [0.4, 0.5) is 0 Å². The highest BCUT2D eigenvalue weighted by atomic mass is 35.5. The van der Waals surface area contributed by atoms with Crippen LogP contribution in [-0.4, -0.2) is 32.4 Å². The Morgan fingerprint density at radius 3 is 2.88 bits per heavy atom. The summed E-state index contributed by atoms with van der Waals surface area (Å²) < 4.78 is 11.2. The second-order valence-electron chi connectivity index (χ2n) is 4.18. The van der Waals surface area contributed by atoms with Gasteiger partial charge < -0.3 is 14.8 Å². The summed E-state index contributed by atoms with van der Waals surface area (Å²) >= 11 is 11.9. The molecule has 0 amide bonds. The number of ether oxygens (including phenoxy) is 2. The number of rotatable bonds is 4. The van der Waals surface area contributed by atoms with Crippen LogP contribution in [0.2, 0.25) is 10.0 Å². The van der Waals surface area contributed by atoms with E-state index < -0.39 is 0 Å². The van der Waals surface area contributed by atoms with Crippen molar-refractivity contribution in [1.29, 1.82) is 0 Å². The van der Waals surface area contributed by atoms with Crippen molar-refractivity contribution in [3.8, 4) is 5.75 Å². The van der Waals surface area contributed by atoms with Crippen molar-refractivity contribution in [1.82, 2.24) is 5.32 Å². The van der Waals surface area contributed by atoms with Crippen molar-refractivity contribution in [3.05, 3.63) is 28.2 Å². The minimum Gasteiger partial charge on any atom is -0.489 e. The van der Waals surface area contributed by atoms with E-state index in [4.69, 9.17) is 32.7 Å². The van der Waals surface area contributed by atoms with Gasteiger partial charge >= 0.3 is 0 Å². The molecule has 1 aliphatic heterocycles. The third kappa shape index (κ3) is 3.05. The Morgan fingerprint density at radius 1 is 1.41 bits per heavy atom. The predicted octanol–water partition coefficient (Wildman–Crippen LogP) is 2.75. The maximum absolute atomic E-state index is 6.03. The SMILES string of the molecule is CO[C@]1(COc2cc(Cl)ccc2Cl)CCNC1. The van der Waals surface area contributed by atoms with Crippen LogP contribution in [-0.2, 0) is 4.74 Å². The zero-order valence-electron chi connectivity index (χ0n) is 9.63. The van der Waals surface area contributed by atoms with Crippen LogP contribution in [0.1, 0.15) is 6.42 Å². The number of hydrogen-bond donors (Lipinski definition) is 1. The lowest BCUT2D eigenvalue weighted by Gasteiger charge is -2.26. The molecule has 0 radical (unpaired) electrons. The summed E-state index contributed by atoms with van der Waals surface area (Å²) in [7, 11) is 1.70. The lowest BCUT2D eigenvalue weighted by atomic mass is 10.1. The molecular weight excluding hydrogens is 261 g/mol. The van der Waals surface area contributed by atoms with Gasteiger partial charge in [0.15, 0.2) is 0 Å². The van der Waals surface area contributed by atoms with Crippen LogP contribution < -0.4 is 10.1 Å². The van der Waals surface area contributed by atoms with Crippen molar-refractivity contribution in [2.75, 3.05) is 26.8 Å². The Labute approximate surface area is 111 Å². The summed E-state index contributed by atoms with van der Waals surface area (Å²) in [5.41, 5.74) is -0.258. The Hall–Kier alpha value is -0.480. The fraction of sp³-hybridized carbons (Fsp3) is 0.500. The van der Waals surface area contributed by atoms with Gasteiger partial charge in [0.05, 0.1) is 5.02 Å². The summed E-state index contributed by atoms with van der Waals surface area (Å²) in [6, 6.07) is 5.18. The lowest BCUT2D eigenvalue weighted by molar-refractivity contribution is -0.0281. The fourth-order valence-corrected chi connectivity index (χ4v) is 2.21. The molecule has 1 heterocycles. The average Bonchev–Trinajstić information content (AvgIpc) is 2.80. The summed E-state index contributed by atoms with van der Waals surface area (Å²) in [6.07, 6.45) is 0.932. The summed E-state index contributed by atoms with van der Waals surface area (Å²) in [5, 5.41) is 4.44. The van der Waals surface area contributed by atoms with E-state index in [-0.39, 0.29) is 5.60 Å². The second-order valence-corrected chi connectivity index (χ2v) is 5.02. The number of halogens is 2. The van der Waals surface area contributed by atoms with Gasteiger partial charge in [-0.3, -0.25) is 0 Å². The molecule has 5 heteroatoms. The molecule has 1 aromatic carbocycles. The third-order valence-corrected chi connectivity index (χ3v) is 3.57. The van der Waals surface area contributed by atoms with E-state index in [1.807, 2.05) is 0 Å². The molecular formula is C12H15Cl2NO2. The third-order valence-electron chi connectivity index (χ3n) is 3.02. The molecule has 2 rings (SSSR count). The lowest BCUT2D eigenvalue weighted by Crippen LogP contribution is -2.40. The minimum atomic E-state index is -0.258. The highest BCUT2D eigenvalue weighted by Crippen LogP contribution is 2.29. The molecule has 94 valence electrons. The van der Waals surface area contributed by atoms with Crippen molar-refractivity contribution in [2.24, 2.45) is 0 Å². The molecule has 0 unspecified atom stereocenters. The van der Waals surface area contributed by atoms with Crippen LogP contribution >= 0.6 is 23.2 Å². The summed E-state index contributed by atoms with van der Waals surface area (Å²) in [6.45, 7) is 2.21. The molecule has 1 aliphatic rings. The standard InChI is InChI=1S/C12H15Cl2NO2/c1-16-12(4-5-15-7-12)8-17-11-6-9(13)2-3-10(11)14/h2-3,6,15H,4-5,7-8H2,1H3/t12-/m1/s1. The minimum absolute atomic E-state index is 0.258. The Morgan fingerprint density at radius 2 is 2.24 bits per heavy atom. The molecule has 0 aromatic heterocycles. The first-order chi connectivity index (χ1) is 8.15. The van der Waals surface area contributed by atoms with Gasteiger partial charge in [-0.15, -0.1) is 0 Å². The molecule has 1 aromatic rings. The maximum atomic E-state index is 6.03. The summed E-state index contributed by atoms with van der Waals surface area (Å²) in [5.74, 6) is 0.600. The van der Waals surface area contributed by atoms with Crippen molar-refractivity contribution < 1.29 is 9.47 Å². The molecule has 1 atom stereocenters. The van der Waals surface area contributed by atoms with Crippen molar-refractivity contribution in [2.45, 2.75) is 12.0 Å².